The molecule has 0 fully saturated rings. The van der Waals surface area contributed by atoms with Crippen LogP contribution < -0.4 is 9.51 Å². The first-order chi connectivity index (χ1) is 8.38. The Labute approximate surface area is 105 Å². The largest absolute Gasteiger partial charge is 0.868 e. The maximum Gasteiger partial charge on any atom is 0.404 e. The van der Waals surface area contributed by atoms with Crippen molar-refractivity contribution in [3.8, 4) is 5.75 Å². The van der Waals surface area contributed by atoms with Gasteiger partial charge in [-0.2, -0.15) is 4.40 Å². The summed E-state index contributed by atoms with van der Waals surface area (Å²) in [6.07, 6.45) is 1.68. The van der Waals surface area contributed by atoms with E-state index in [1.807, 2.05) is 12.1 Å². The molecule has 2 rings (SSSR count). The molecule has 2 aromatic rings. The molecule has 0 radical (unpaired) electrons. The van der Waals surface area contributed by atoms with Crippen LogP contribution in [0.4, 0.5) is 0 Å². The first-order valence-electron chi connectivity index (χ1n) is 5.72. The molecule has 0 spiro atoms. The number of carbonyl (C=O) groups is 1. The van der Waals surface area contributed by atoms with E-state index in [4.69, 9.17) is 4.74 Å². The minimum absolute atomic E-state index is 0.0306. The number of pyridine rings is 2. The molecule has 18 heavy (non-hydrogen) atoms. The third kappa shape index (κ3) is 2.42. The van der Waals surface area contributed by atoms with Crippen LogP contribution in [-0.4, -0.2) is 11.6 Å². The van der Waals surface area contributed by atoms with Gasteiger partial charge in [0.1, 0.15) is 5.60 Å². The van der Waals surface area contributed by atoms with E-state index < -0.39 is 11.6 Å². The van der Waals surface area contributed by atoms with E-state index in [9.17, 15) is 9.90 Å². The Hall–Kier alpha value is -2.10. The summed E-state index contributed by atoms with van der Waals surface area (Å²) in [5, 5.41) is 11.8. The normalized spacial score (nSPS) is 11.5. The fourth-order valence-corrected chi connectivity index (χ4v) is 1.68. The molecule has 0 amide bonds. The summed E-state index contributed by atoms with van der Waals surface area (Å²) in [4.78, 5) is 12.1. The molecule has 0 saturated heterocycles. The number of carbonyl (C=O) groups excluding carboxylic acids is 1. The van der Waals surface area contributed by atoms with Gasteiger partial charge in [0.05, 0.1) is 0 Å². The number of fused-ring (bicyclic) bond motifs is 1. The molecule has 0 bridgehead atoms. The van der Waals surface area contributed by atoms with Crippen LogP contribution in [-0.2, 0) is 4.74 Å². The Bertz CT molecular complexity index is 600. The second kappa shape index (κ2) is 4.29. The Morgan fingerprint density at radius 2 is 1.94 bits per heavy atom. The van der Waals surface area contributed by atoms with Crippen LogP contribution >= 0.6 is 0 Å². The Morgan fingerprint density at radius 3 is 2.61 bits per heavy atom. The molecular formula is C14H15NO3. The van der Waals surface area contributed by atoms with E-state index in [0.29, 0.717) is 0 Å². The van der Waals surface area contributed by atoms with Crippen molar-refractivity contribution in [1.82, 2.24) is 0 Å². The van der Waals surface area contributed by atoms with Gasteiger partial charge >= 0.3 is 5.97 Å². The monoisotopic (exact) mass is 245 g/mol. The fraction of sp³-hybridized carbons (Fsp3) is 0.286. The fourth-order valence-electron chi connectivity index (χ4n) is 1.68. The van der Waals surface area contributed by atoms with Crippen LogP contribution in [0.15, 0.2) is 36.5 Å². The minimum Gasteiger partial charge on any atom is -0.868 e. The van der Waals surface area contributed by atoms with Gasteiger partial charge < -0.3 is 9.84 Å². The van der Waals surface area contributed by atoms with Crippen molar-refractivity contribution in [2.24, 2.45) is 0 Å². The highest BCUT2D eigenvalue weighted by molar-refractivity contribution is 5.89. The highest BCUT2D eigenvalue weighted by Crippen LogP contribution is 2.16. The number of rotatable bonds is 1. The lowest BCUT2D eigenvalue weighted by atomic mass is 10.2. The maximum absolute atomic E-state index is 12.1. The molecule has 0 aliphatic carbocycles. The average molecular weight is 245 g/mol. The summed E-state index contributed by atoms with van der Waals surface area (Å²) >= 11 is 0. The molecule has 94 valence electrons. The summed E-state index contributed by atoms with van der Waals surface area (Å²) in [5.74, 6) is -0.942. The van der Waals surface area contributed by atoms with E-state index >= 15 is 0 Å². The average Bonchev–Trinajstić information content (AvgIpc) is 2.26. The number of hydrogen-bond donors (Lipinski definition) is 0. The lowest BCUT2D eigenvalue weighted by Crippen LogP contribution is -2.35. The maximum atomic E-state index is 12.1. The Kier molecular flexibility index (Phi) is 2.95. The zero-order valence-corrected chi connectivity index (χ0v) is 10.6. The second-order valence-electron chi connectivity index (χ2n) is 5.04. The standard InChI is InChI=1S/C14H15NO3/c1-14(2,3)18-13(17)12-11(16)8-7-10-6-4-5-9-15(10)12/h4-9H,1-3H3. The van der Waals surface area contributed by atoms with Crippen LogP contribution in [0, 0.1) is 0 Å². The number of nitrogens with zero attached hydrogens (tertiary/aromatic N) is 1. The lowest BCUT2D eigenvalue weighted by molar-refractivity contribution is -0.521. The molecule has 4 heteroatoms. The zero-order valence-electron chi connectivity index (χ0n) is 10.6. The molecular weight excluding hydrogens is 230 g/mol. The number of esters is 1. The third-order valence-corrected chi connectivity index (χ3v) is 2.36. The van der Waals surface area contributed by atoms with Crippen molar-refractivity contribution in [1.29, 1.82) is 0 Å². The minimum atomic E-state index is -0.624. The highest BCUT2D eigenvalue weighted by atomic mass is 16.6. The van der Waals surface area contributed by atoms with Crippen LogP contribution in [0.5, 0.6) is 5.75 Å². The molecule has 4 nitrogen and oxygen atoms in total. The molecule has 0 aromatic carbocycles. The number of ether oxygens (including phenoxy) is 1. The van der Waals surface area contributed by atoms with E-state index in [2.05, 4.69) is 0 Å². The van der Waals surface area contributed by atoms with Crippen molar-refractivity contribution in [3.05, 3.63) is 42.2 Å². The van der Waals surface area contributed by atoms with Gasteiger partial charge in [-0.1, -0.05) is 6.07 Å². The SMILES string of the molecule is CC(C)(C)OC(=O)c1c([O-])ccc2cccc[n+]12. The summed E-state index contributed by atoms with van der Waals surface area (Å²) in [6, 6.07) is 8.50. The van der Waals surface area contributed by atoms with Crippen molar-refractivity contribution in [2.75, 3.05) is 0 Å². The lowest BCUT2D eigenvalue weighted by Gasteiger charge is -2.19. The molecule has 0 aliphatic heterocycles. The first-order valence-corrected chi connectivity index (χ1v) is 5.72. The molecule has 0 saturated carbocycles. The highest BCUT2D eigenvalue weighted by Gasteiger charge is 2.25. The number of aromatic nitrogens is 1. The molecule has 2 aromatic heterocycles. The molecule has 0 unspecified atom stereocenters. The van der Waals surface area contributed by atoms with Crippen LogP contribution in [0.3, 0.4) is 0 Å². The van der Waals surface area contributed by atoms with Gasteiger partial charge in [-0.15, -0.1) is 0 Å². The van der Waals surface area contributed by atoms with E-state index in [1.54, 1.807) is 43.5 Å². The van der Waals surface area contributed by atoms with Crippen LogP contribution in [0.25, 0.3) is 5.52 Å². The smallest absolute Gasteiger partial charge is 0.404 e. The first kappa shape index (κ1) is 12.4. The predicted molar refractivity (Wildman–Crippen MR) is 64.2 cm³/mol. The van der Waals surface area contributed by atoms with Crippen LogP contribution in [0.1, 0.15) is 31.3 Å². The summed E-state index contributed by atoms with van der Waals surface area (Å²) in [6.45, 7) is 5.31. The second-order valence-corrected chi connectivity index (χ2v) is 5.04. The summed E-state index contributed by atoms with van der Waals surface area (Å²) < 4.78 is 6.80. The Morgan fingerprint density at radius 1 is 1.22 bits per heavy atom. The van der Waals surface area contributed by atoms with E-state index in [0.717, 1.165) is 5.52 Å². The quantitative estimate of drug-likeness (QED) is 0.564. The van der Waals surface area contributed by atoms with Crippen molar-refractivity contribution in [2.45, 2.75) is 26.4 Å². The van der Waals surface area contributed by atoms with Crippen molar-refractivity contribution in [3.63, 3.8) is 0 Å². The third-order valence-electron chi connectivity index (χ3n) is 2.36. The molecule has 2 heterocycles. The van der Waals surface area contributed by atoms with Gasteiger partial charge in [-0.25, -0.2) is 4.79 Å². The van der Waals surface area contributed by atoms with Crippen molar-refractivity contribution < 1.29 is 19.0 Å². The van der Waals surface area contributed by atoms with E-state index in [-0.39, 0.29) is 11.4 Å². The van der Waals surface area contributed by atoms with Gasteiger partial charge in [-0.3, -0.25) is 0 Å². The van der Waals surface area contributed by atoms with Gasteiger partial charge in [0, 0.05) is 18.2 Å². The van der Waals surface area contributed by atoms with Gasteiger partial charge in [-0.05, 0) is 32.6 Å². The van der Waals surface area contributed by atoms with Crippen LogP contribution in [0.2, 0.25) is 0 Å². The van der Waals surface area contributed by atoms with Crippen molar-refractivity contribution >= 4 is 11.5 Å². The predicted octanol–water partition coefficient (Wildman–Crippen LogP) is 1.45. The molecule has 0 atom stereocenters. The summed E-state index contributed by atoms with van der Waals surface area (Å²) in [7, 11) is 0. The van der Waals surface area contributed by atoms with Gasteiger partial charge in [0.25, 0.3) is 5.69 Å². The molecule has 0 aliphatic rings. The summed E-state index contributed by atoms with van der Waals surface area (Å²) in [5.41, 5.74) is 0.182. The zero-order chi connectivity index (χ0) is 13.3. The van der Waals surface area contributed by atoms with Gasteiger partial charge in [0.2, 0.25) is 5.52 Å². The Balaban J connectivity index is 2.56. The van der Waals surface area contributed by atoms with E-state index in [1.165, 1.54) is 6.07 Å². The van der Waals surface area contributed by atoms with Gasteiger partial charge in [0.15, 0.2) is 6.20 Å². The molecule has 0 N–H and O–H groups in total. The topological polar surface area (TPSA) is 53.5 Å². The number of hydrogen-bond acceptors (Lipinski definition) is 3.